The van der Waals surface area contributed by atoms with Crippen LogP contribution in [0.4, 0.5) is 0 Å². The number of carboxylic acids is 1. The van der Waals surface area contributed by atoms with Gasteiger partial charge in [-0.2, -0.15) is 0 Å². The first-order valence-electron chi connectivity index (χ1n) is 4.59. The standard InChI is InChI=1S/C10H15NO3/c1-3-10(2,9(12)13)11-7-8-5-4-6-14-8/h4-6,11H,3,7H2,1-2H3,(H,12,13)/t10-/m0/s1. The second-order valence-electron chi connectivity index (χ2n) is 3.42. The van der Waals surface area contributed by atoms with E-state index in [1.54, 1.807) is 19.3 Å². The molecule has 2 N–H and O–H groups in total. The van der Waals surface area contributed by atoms with Gasteiger partial charge in [-0.15, -0.1) is 0 Å². The van der Waals surface area contributed by atoms with Crippen molar-refractivity contribution in [2.24, 2.45) is 0 Å². The van der Waals surface area contributed by atoms with Crippen molar-refractivity contribution in [1.82, 2.24) is 5.32 Å². The van der Waals surface area contributed by atoms with Crippen molar-refractivity contribution in [3.05, 3.63) is 24.2 Å². The van der Waals surface area contributed by atoms with Crippen LogP contribution in [-0.2, 0) is 11.3 Å². The third-order valence-electron chi connectivity index (χ3n) is 2.41. The Labute approximate surface area is 82.9 Å². The molecule has 4 nitrogen and oxygen atoms in total. The van der Waals surface area contributed by atoms with Crippen LogP contribution in [0.15, 0.2) is 22.8 Å². The monoisotopic (exact) mass is 197 g/mol. The van der Waals surface area contributed by atoms with Crippen LogP contribution in [0, 0.1) is 0 Å². The van der Waals surface area contributed by atoms with Gasteiger partial charge in [-0.25, -0.2) is 0 Å². The molecule has 0 aliphatic carbocycles. The van der Waals surface area contributed by atoms with Gasteiger partial charge in [0.05, 0.1) is 12.8 Å². The molecule has 0 saturated heterocycles. The van der Waals surface area contributed by atoms with Gasteiger partial charge in [-0.05, 0) is 25.5 Å². The summed E-state index contributed by atoms with van der Waals surface area (Å²) in [6.07, 6.45) is 2.10. The van der Waals surface area contributed by atoms with E-state index in [-0.39, 0.29) is 0 Å². The molecule has 0 saturated carbocycles. The van der Waals surface area contributed by atoms with Crippen molar-refractivity contribution in [2.45, 2.75) is 32.4 Å². The van der Waals surface area contributed by atoms with Crippen molar-refractivity contribution in [3.63, 3.8) is 0 Å². The van der Waals surface area contributed by atoms with E-state index in [9.17, 15) is 4.79 Å². The maximum absolute atomic E-state index is 10.9. The molecule has 4 heteroatoms. The maximum atomic E-state index is 10.9. The first-order valence-corrected chi connectivity index (χ1v) is 4.59. The molecule has 0 aliphatic rings. The predicted octanol–water partition coefficient (Wildman–Crippen LogP) is 1.62. The molecule has 0 aliphatic heterocycles. The number of furan rings is 1. The maximum Gasteiger partial charge on any atom is 0.323 e. The highest BCUT2D eigenvalue weighted by molar-refractivity contribution is 5.78. The van der Waals surface area contributed by atoms with Crippen LogP contribution in [-0.4, -0.2) is 16.6 Å². The summed E-state index contributed by atoms with van der Waals surface area (Å²) in [5.74, 6) is -0.0996. The molecule has 14 heavy (non-hydrogen) atoms. The van der Waals surface area contributed by atoms with Gasteiger partial charge in [0, 0.05) is 0 Å². The smallest absolute Gasteiger partial charge is 0.323 e. The van der Waals surface area contributed by atoms with Gasteiger partial charge >= 0.3 is 5.97 Å². The molecule has 78 valence electrons. The van der Waals surface area contributed by atoms with E-state index in [1.807, 2.05) is 13.0 Å². The normalized spacial score (nSPS) is 15.0. The Hall–Kier alpha value is -1.29. The summed E-state index contributed by atoms with van der Waals surface area (Å²) in [5, 5.41) is 11.9. The molecule has 1 rings (SSSR count). The zero-order valence-electron chi connectivity index (χ0n) is 8.41. The van der Waals surface area contributed by atoms with Crippen LogP contribution < -0.4 is 5.32 Å². The topological polar surface area (TPSA) is 62.5 Å². The molecule has 0 amide bonds. The van der Waals surface area contributed by atoms with E-state index in [0.29, 0.717) is 13.0 Å². The van der Waals surface area contributed by atoms with E-state index >= 15 is 0 Å². The Bertz CT molecular complexity index is 294. The summed E-state index contributed by atoms with van der Waals surface area (Å²) in [7, 11) is 0. The fourth-order valence-corrected chi connectivity index (χ4v) is 1.05. The van der Waals surface area contributed by atoms with Gasteiger partial charge < -0.3 is 9.52 Å². The number of carboxylic acid groups (broad SMARTS) is 1. The lowest BCUT2D eigenvalue weighted by Crippen LogP contribution is -2.48. The van der Waals surface area contributed by atoms with Crippen LogP contribution in [0.5, 0.6) is 0 Å². The Balaban J connectivity index is 2.54. The number of hydrogen-bond donors (Lipinski definition) is 2. The van der Waals surface area contributed by atoms with Crippen molar-refractivity contribution in [3.8, 4) is 0 Å². The Morgan fingerprint density at radius 3 is 2.86 bits per heavy atom. The summed E-state index contributed by atoms with van der Waals surface area (Å²) >= 11 is 0. The van der Waals surface area contributed by atoms with E-state index < -0.39 is 11.5 Å². The average molecular weight is 197 g/mol. The van der Waals surface area contributed by atoms with Crippen molar-refractivity contribution in [1.29, 1.82) is 0 Å². The van der Waals surface area contributed by atoms with Gasteiger partial charge in [0.15, 0.2) is 0 Å². The first-order chi connectivity index (χ1) is 6.58. The molecule has 1 heterocycles. The molecule has 1 aromatic rings. The lowest BCUT2D eigenvalue weighted by molar-refractivity contribution is -0.144. The van der Waals surface area contributed by atoms with E-state index in [2.05, 4.69) is 5.32 Å². The van der Waals surface area contributed by atoms with Crippen molar-refractivity contribution in [2.75, 3.05) is 0 Å². The molecule has 0 unspecified atom stereocenters. The largest absolute Gasteiger partial charge is 0.480 e. The van der Waals surface area contributed by atoms with Gasteiger partial charge in [0.25, 0.3) is 0 Å². The Morgan fingerprint density at radius 1 is 1.71 bits per heavy atom. The number of carbonyl (C=O) groups is 1. The molecule has 0 radical (unpaired) electrons. The van der Waals surface area contributed by atoms with Crippen LogP contribution in [0.3, 0.4) is 0 Å². The van der Waals surface area contributed by atoms with Crippen LogP contribution in [0.25, 0.3) is 0 Å². The third kappa shape index (κ3) is 2.35. The van der Waals surface area contributed by atoms with Crippen LogP contribution >= 0.6 is 0 Å². The molecule has 0 bridgehead atoms. The van der Waals surface area contributed by atoms with Crippen molar-refractivity contribution >= 4 is 5.97 Å². The predicted molar refractivity (Wildman–Crippen MR) is 51.9 cm³/mol. The van der Waals surface area contributed by atoms with Gasteiger partial charge in [0.2, 0.25) is 0 Å². The lowest BCUT2D eigenvalue weighted by atomic mass is 9.99. The minimum Gasteiger partial charge on any atom is -0.480 e. The number of nitrogens with one attached hydrogen (secondary N) is 1. The highest BCUT2D eigenvalue weighted by atomic mass is 16.4. The zero-order valence-corrected chi connectivity index (χ0v) is 8.41. The summed E-state index contributed by atoms with van der Waals surface area (Å²) in [4.78, 5) is 10.9. The molecular formula is C10H15NO3. The third-order valence-corrected chi connectivity index (χ3v) is 2.41. The second-order valence-corrected chi connectivity index (χ2v) is 3.42. The van der Waals surface area contributed by atoms with Gasteiger partial charge in [0.1, 0.15) is 11.3 Å². The Kier molecular flexibility index (Phi) is 3.30. The molecule has 0 spiro atoms. The quantitative estimate of drug-likeness (QED) is 0.753. The molecular weight excluding hydrogens is 182 g/mol. The first kappa shape index (κ1) is 10.8. The lowest BCUT2D eigenvalue weighted by Gasteiger charge is -2.23. The fourth-order valence-electron chi connectivity index (χ4n) is 1.05. The van der Waals surface area contributed by atoms with Crippen LogP contribution in [0.1, 0.15) is 26.0 Å². The second kappa shape index (κ2) is 4.28. The molecule has 0 aromatic carbocycles. The summed E-state index contributed by atoms with van der Waals surface area (Å²) < 4.78 is 5.10. The van der Waals surface area contributed by atoms with Gasteiger partial charge in [-0.3, -0.25) is 10.1 Å². The van der Waals surface area contributed by atoms with E-state index in [0.717, 1.165) is 5.76 Å². The summed E-state index contributed by atoms with van der Waals surface area (Å²) in [5.41, 5.74) is -0.882. The fraction of sp³-hybridized carbons (Fsp3) is 0.500. The van der Waals surface area contributed by atoms with E-state index in [4.69, 9.17) is 9.52 Å². The zero-order chi connectivity index (χ0) is 10.6. The minimum absolute atomic E-state index is 0.434. The SMILES string of the molecule is CC[C@](C)(NCc1ccco1)C(=O)O. The highest BCUT2D eigenvalue weighted by Crippen LogP contribution is 2.11. The molecule has 0 fully saturated rings. The summed E-state index contributed by atoms with van der Waals surface area (Å²) in [6, 6.07) is 3.59. The number of hydrogen-bond acceptors (Lipinski definition) is 3. The molecule has 1 atom stereocenters. The molecule has 1 aromatic heterocycles. The van der Waals surface area contributed by atoms with Crippen molar-refractivity contribution < 1.29 is 14.3 Å². The van der Waals surface area contributed by atoms with E-state index in [1.165, 1.54) is 0 Å². The number of aliphatic carboxylic acids is 1. The van der Waals surface area contributed by atoms with Gasteiger partial charge in [-0.1, -0.05) is 6.92 Å². The highest BCUT2D eigenvalue weighted by Gasteiger charge is 2.30. The average Bonchev–Trinajstić information content (AvgIpc) is 2.66. The number of rotatable bonds is 5. The Morgan fingerprint density at radius 2 is 2.43 bits per heavy atom. The minimum atomic E-state index is -0.882. The van der Waals surface area contributed by atoms with Crippen LogP contribution in [0.2, 0.25) is 0 Å². The summed E-state index contributed by atoms with van der Waals surface area (Å²) in [6.45, 7) is 3.94.